The van der Waals surface area contributed by atoms with Crippen LogP contribution < -0.4 is 5.32 Å². The lowest BCUT2D eigenvalue weighted by Gasteiger charge is -2.28. The van der Waals surface area contributed by atoms with Gasteiger partial charge in [0.05, 0.1) is 31.6 Å². The molecule has 1 aliphatic rings. The number of benzene rings is 1. The lowest BCUT2D eigenvalue weighted by Crippen LogP contribution is -2.42. The Kier molecular flexibility index (Phi) is 6.08. The van der Waals surface area contributed by atoms with Crippen molar-refractivity contribution in [2.24, 2.45) is 0 Å². The van der Waals surface area contributed by atoms with Crippen LogP contribution in [0.2, 0.25) is 0 Å². The number of rotatable bonds is 5. The molecule has 0 unspecified atom stereocenters. The van der Waals surface area contributed by atoms with E-state index in [4.69, 9.17) is 4.74 Å². The van der Waals surface area contributed by atoms with E-state index < -0.39 is 17.7 Å². The molecule has 2 atom stereocenters. The monoisotopic (exact) mass is 430 g/mol. The summed E-state index contributed by atoms with van der Waals surface area (Å²) in [6.45, 7) is 4.32. The zero-order valence-electron chi connectivity index (χ0n) is 17.3. The Hall–Kier alpha value is -2.75. The smallest absolute Gasteiger partial charge is 0.223 e. The topological polar surface area (TPSA) is 100 Å². The highest BCUT2D eigenvalue weighted by molar-refractivity contribution is 5.88. The summed E-state index contributed by atoms with van der Waals surface area (Å²) < 4.78 is 34.8. The van der Waals surface area contributed by atoms with Crippen LogP contribution in [-0.2, 0) is 11.3 Å². The van der Waals surface area contributed by atoms with Gasteiger partial charge in [0.15, 0.2) is 5.82 Å². The van der Waals surface area contributed by atoms with Crippen LogP contribution in [0.4, 0.5) is 14.7 Å². The number of ether oxygens (including phenoxy) is 1. The Labute approximate surface area is 178 Å². The molecule has 9 heteroatoms. The van der Waals surface area contributed by atoms with Crippen molar-refractivity contribution in [3.8, 4) is 11.3 Å². The van der Waals surface area contributed by atoms with Gasteiger partial charge in [-0.1, -0.05) is 13.8 Å². The predicted molar refractivity (Wildman–Crippen MR) is 112 cm³/mol. The first-order chi connectivity index (χ1) is 14.9. The lowest BCUT2D eigenvalue weighted by atomic mass is 9.93. The average molecular weight is 430 g/mol. The summed E-state index contributed by atoms with van der Waals surface area (Å²) in [6, 6.07) is 2.50. The number of nitrogens with zero attached hydrogens (tertiary/aromatic N) is 3. The molecule has 2 aromatic heterocycles. The van der Waals surface area contributed by atoms with Gasteiger partial charge in [-0.05, 0) is 35.6 Å². The zero-order valence-corrected chi connectivity index (χ0v) is 17.3. The SMILES string of the molecule is CC(C)c1c(CO)cnc2c(F)cc(-c3nc(N[C@@H]4CCOC[C@H]4O)ncc3F)cc12. The number of aliphatic hydroxyl groups excluding tert-OH is 2. The van der Waals surface area contributed by atoms with Crippen molar-refractivity contribution in [3.05, 3.63) is 47.3 Å². The fraction of sp³-hybridized carbons (Fsp3) is 0.409. The van der Waals surface area contributed by atoms with Crippen molar-refractivity contribution in [3.63, 3.8) is 0 Å². The van der Waals surface area contributed by atoms with Crippen LogP contribution in [0.3, 0.4) is 0 Å². The summed E-state index contributed by atoms with van der Waals surface area (Å²) in [6.07, 6.45) is 2.30. The van der Waals surface area contributed by atoms with Crippen molar-refractivity contribution >= 4 is 16.9 Å². The van der Waals surface area contributed by atoms with Crippen molar-refractivity contribution in [2.75, 3.05) is 18.5 Å². The molecule has 1 aromatic carbocycles. The number of hydrogen-bond donors (Lipinski definition) is 3. The van der Waals surface area contributed by atoms with E-state index in [-0.39, 0.29) is 47.9 Å². The second-order valence-electron chi connectivity index (χ2n) is 7.94. The maximum Gasteiger partial charge on any atom is 0.223 e. The van der Waals surface area contributed by atoms with Crippen LogP contribution in [-0.4, -0.2) is 50.5 Å². The highest BCUT2D eigenvalue weighted by Crippen LogP contribution is 2.33. The maximum absolute atomic E-state index is 14.9. The molecular formula is C22H24F2N4O3. The molecule has 1 saturated heterocycles. The van der Waals surface area contributed by atoms with Crippen LogP contribution >= 0.6 is 0 Å². The molecule has 3 N–H and O–H groups in total. The number of aliphatic hydroxyl groups is 2. The normalized spacial score (nSPS) is 19.2. The van der Waals surface area contributed by atoms with Gasteiger partial charge in [0.1, 0.15) is 17.0 Å². The highest BCUT2D eigenvalue weighted by Gasteiger charge is 2.25. The lowest BCUT2D eigenvalue weighted by molar-refractivity contribution is -0.0136. The van der Waals surface area contributed by atoms with E-state index in [1.54, 1.807) is 6.07 Å². The van der Waals surface area contributed by atoms with Gasteiger partial charge in [0.2, 0.25) is 5.95 Å². The van der Waals surface area contributed by atoms with E-state index in [2.05, 4.69) is 20.3 Å². The van der Waals surface area contributed by atoms with E-state index in [0.717, 1.165) is 11.8 Å². The number of halogens is 2. The quantitative estimate of drug-likeness (QED) is 0.572. The molecule has 1 aliphatic heterocycles. The fourth-order valence-corrected chi connectivity index (χ4v) is 3.96. The molecule has 164 valence electrons. The van der Waals surface area contributed by atoms with Gasteiger partial charge in [0, 0.05) is 23.8 Å². The van der Waals surface area contributed by atoms with Crippen molar-refractivity contribution < 1.29 is 23.7 Å². The van der Waals surface area contributed by atoms with Crippen molar-refractivity contribution in [1.29, 1.82) is 0 Å². The zero-order chi connectivity index (χ0) is 22.1. The minimum atomic E-state index is -0.736. The van der Waals surface area contributed by atoms with Crippen LogP contribution in [0.1, 0.15) is 37.3 Å². The Bertz CT molecular complexity index is 1110. The molecule has 0 spiro atoms. The molecule has 0 aliphatic carbocycles. The largest absolute Gasteiger partial charge is 0.392 e. The standard InChI is InChI=1S/C22H24F2N4O3/c1-11(2)19-13(9-29)7-25-21-14(19)5-12(6-15(21)23)20-16(24)8-26-22(28-20)27-17-3-4-31-10-18(17)30/h5-8,11,17-18,29-30H,3-4,9-10H2,1-2H3,(H,26,27,28)/t17-,18-/m1/s1. The van der Waals surface area contributed by atoms with Gasteiger partial charge in [-0.3, -0.25) is 4.98 Å². The van der Waals surface area contributed by atoms with Gasteiger partial charge < -0.3 is 20.3 Å². The molecule has 1 fully saturated rings. The van der Waals surface area contributed by atoms with Crippen LogP contribution in [0, 0.1) is 11.6 Å². The van der Waals surface area contributed by atoms with E-state index >= 15 is 0 Å². The average Bonchev–Trinajstić information content (AvgIpc) is 2.75. The van der Waals surface area contributed by atoms with Crippen LogP contribution in [0.5, 0.6) is 0 Å². The molecule has 7 nitrogen and oxygen atoms in total. The van der Waals surface area contributed by atoms with E-state index in [1.165, 1.54) is 12.3 Å². The Morgan fingerprint density at radius 2 is 2.00 bits per heavy atom. The minimum absolute atomic E-state index is 0.00946. The van der Waals surface area contributed by atoms with Gasteiger partial charge in [-0.2, -0.15) is 0 Å². The first-order valence-corrected chi connectivity index (χ1v) is 10.2. The highest BCUT2D eigenvalue weighted by atomic mass is 19.1. The Balaban J connectivity index is 1.80. The van der Waals surface area contributed by atoms with Crippen molar-refractivity contribution in [1.82, 2.24) is 15.0 Å². The molecular weight excluding hydrogens is 406 g/mol. The van der Waals surface area contributed by atoms with Gasteiger partial charge >= 0.3 is 0 Å². The van der Waals surface area contributed by atoms with Crippen molar-refractivity contribution in [2.45, 2.75) is 44.9 Å². The molecule has 0 radical (unpaired) electrons. The van der Waals surface area contributed by atoms with E-state index in [1.807, 2.05) is 13.8 Å². The summed E-state index contributed by atoms with van der Waals surface area (Å²) in [5, 5.41) is 23.3. The maximum atomic E-state index is 14.9. The first kappa shape index (κ1) is 21.5. The summed E-state index contributed by atoms with van der Waals surface area (Å²) in [4.78, 5) is 12.4. The molecule has 31 heavy (non-hydrogen) atoms. The Morgan fingerprint density at radius 3 is 2.71 bits per heavy atom. The molecule has 3 aromatic rings. The summed E-state index contributed by atoms with van der Waals surface area (Å²) in [5.41, 5.74) is 1.68. The number of pyridine rings is 1. The third-order valence-electron chi connectivity index (χ3n) is 5.46. The van der Waals surface area contributed by atoms with Crippen LogP contribution in [0.25, 0.3) is 22.2 Å². The molecule has 0 amide bonds. The van der Waals surface area contributed by atoms with Gasteiger partial charge in [-0.25, -0.2) is 18.7 Å². The molecule has 4 rings (SSSR count). The number of hydrogen-bond acceptors (Lipinski definition) is 7. The Morgan fingerprint density at radius 1 is 1.19 bits per heavy atom. The minimum Gasteiger partial charge on any atom is -0.392 e. The summed E-state index contributed by atoms with van der Waals surface area (Å²) in [7, 11) is 0. The number of aromatic nitrogens is 3. The third-order valence-corrected chi connectivity index (χ3v) is 5.46. The van der Waals surface area contributed by atoms with Gasteiger partial charge in [-0.15, -0.1) is 0 Å². The number of anilines is 1. The molecule has 3 heterocycles. The molecule has 0 saturated carbocycles. The summed E-state index contributed by atoms with van der Waals surface area (Å²) in [5.74, 6) is -1.18. The first-order valence-electron chi connectivity index (χ1n) is 10.2. The molecule has 0 bridgehead atoms. The van der Waals surface area contributed by atoms with Gasteiger partial charge in [0.25, 0.3) is 0 Å². The predicted octanol–water partition coefficient (Wildman–Crippen LogP) is 3.15. The number of nitrogens with one attached hydrogen (secondary N) is 1. The second kappa shape index (κ2) is 8.78. The number of fused-ring (bicyclic) bond motifs is 1. The fourth-order valence-electron chi connectivity index (χ4n) is 3.96. The second-order valence-corrected chi connectivity index (χ2v) is 7.94. The van der Waals surface area contributed by atoms with Crippen LogP contribution in [0.15, 0.2) is 24.5 Å². The van der Waals surface area contributed by atoms with E-state index in [9.17, 15) is 19.0 Å². The van der Waals surface area contributed by atoms with E-state index in [0.29, 0.717) is 24.0 Å². The third kappa shape index (κ3) is 4.21. The summed E-state index contributed by atoms with van der Waals surface area (Å²) >= 11 is 0.